The van der Waals surface area contributed by atoms with Crippen LogP contribution in [-0.2, 0) is 6.18 Å². The number of hydrogen-bond donors (Lipinski definition) is 1. The van der Waals surface area contributed by atoms with Crippen LogP contribution in [0.15, 0.2) is 24.8 Å². The van der Waals surface area contributed by atoms with E-state index >= 15 is 0 Å². The van der Waals surface area contributed by atoms with E-state index in [0.717, 1.165) is 31.5 Å². The minimum Gasteiger partial charge on any atom is -0.317 e. The molecule has 0 amide bonds. The first-order chi connectivity index (χ1) is 8.89. The molecule has 1 aliphatic heterocycles. The molecule has 0 saturated carbocycles. The van der Waals surface area contributed by atoms with Crippen LogP contribution in [0.3, 0.4) is 0 Å². The van der Waals surface area contributed by atoms with Gasteiger partial charge in [-0.05, 0) is 56.0 Å². The Labute approximate surface area is 111 Å². The molecule has 1 fully saturated rings. The fraction of sp³-hybridized carbons (Fsp3) is 0.467. The Morgan fingerprint density at radius 1 is 1.26 bits per heavy atom. The van der Waals surface area contributed by atoms with E-state index in [1.165, 1.54) is 6.07 Å². The van der Waals surface area contributed by atoms with E-state index in [4.69, 9.17) is 0 Å². The van der Waals surface area contributed by atoms with Crippen LogP contribution < -0.4 is 5.32 Å². The number of hydrogen-bond acceptors (Lipinski definition) is 1. The van der Waals surface area contributed by atoms with Gasteiger partial charge in [-0.25, -0.2) is 0 Å². The van der Waals surface area contributed by atoms with Crippen molar-refractivity contribution in [2.45, 2.75) is 31.9 Å². The summed E-state index contributed by atoms with van der Waals surface area (Å²) in [5.74, 6) is 0.224. The summed E-state index contributed by atoms with van der Waals surface area (Å²) in [4.78, 5) is 0. The number of nitrogens with one attached hydrogen (secondary N) is 1. The molecule has 1 nitrogen and oxygen atoms in total. The summed E-state index contributed by atoms with van der Waals surface area (Å²) >= 11 is 0. The van der Waals surface area contributed by atoms with Crippen molar-refractivity contribution >= 4 is 5.57 Å². The van der Waals surface area contributed by atoms with Gasteiger partial charge in [-0.2, -0.15) is 13.2 Å². The van der Waals surface area contributed by atoms with Gasteiger partial charge in [0.15, 0.2) is 0 Å². The molecule has 1 saturated heterocycles. The van der Waals surface area contributed by atoms with Crippen molar-refractivity contribution < 1.29 is 13.2 Å². The average molecular weight is 269 g/mol. The summed E-state index contributed by atoms with van der Waals surface area (Å²) in [7, 11) is 0. The molecule has 19 heavy (non-hydrogen) atoms. The van der Waals surface area contributed by atoms with E-state index in [-0.39, 0.29) is 11.5 Å². The van der Waals surface area contributed by atoms with Gasteiger partial charge in [0.1, 0.15) is 0 Å². The standard InChI is InChI=1S/C15H18F3N/c1-10(2)13-4-3-12(9-14(13)15(16,17)18)11-5-7-19-8-6-11/h3-4,9,11,19H,1,5-8H2,2H3. The Morgan fingerprint density at radius 2 is 1.89 bits per heavy atom. The molecular formula is C15H18F3N. The molecule has 4 heteroatoms. The average Bonchev–Trinajstić information content (AvgIpc) is 2.38. The van der Waals surface area contributed by atoms with Crippen LogP contribution in [0.4, 0.5) is 13.2 Å². The Hall–Kier alpha value is -1.29. The number of allylic oxidation sites excluding steroid dienone is 1. The van der Waals surface area contributed by atoms with E-state index in [1.54, 1.807) is 13.0 Å². The second kappa shape index (κ2) is 5.37. The Balaban J connectivity index is 2.40. The topological polar surface area (TPSA) is 12.0 Å². The van der Waals surface area contributed by atoms with E-state index in [1.807, 2.05) is 6.07 Å². The highest BCUT2D eigenvalue weighted by atomic mass is 19.4. The van der Waals surface area contributed by atoms with Crippen molar-refractivity contribution in [2.24, 2.45) is 0 Å². The molecule has 1 aromatic rings. The lowest BCUT2D eigenvalue weighted by molar-refractivity contribution is -0.137. The second-order valence-corrected chi connectivity index (χ2v) is 5.11. The van der Waals surface area contributed by atoms with Gasteiger partial charge in [-0.15, -0.1) is 0 Å². The SMILES string of the molecule is C=C(C)c1ccc(C2CCNCC2)cc1C(F)(F)F. The number of alkyl halides is 3. The minimum absolute atomic E-state index is 0.199. The predicted octanol–water partition coefficient (Wildman–Crippen LogP) is 4.21. The molecule has 0 unspecified atom stereocenters. The molecule has 0 aromatic heterocycles. The van der Waals surface area contributed by atoms with Crippen LogP contribution >= 0.6 is 0 Å². The van der Waals surface area contributed by atoms with Gasteiger partial charge in [-0.1, -0.05) is 24.3 Å². The van der Waals surface area contributed by atoms with E-state index in [0.29, 0.717) is 5.57 Å². The molecule has 0 atom stereocenters. The monoisotopic (exact) mass is 269 g/mol. The molecule has 0 aliphatic carbocycles. The lowest BCUT2D eigenvalue weighted by Gasteiger charge is -2.24. The molecule has 0 radical (unpaired) electrons. The predicted molar refractivity (Wildman–Crippen MR) is 71.0 cm³/mol. The lowest BCUT2D eigenvalue weighted by Crippen LogP contribution is -2.26. The normalized spacial score (nSPS) is 17.5. The summed E-state index contributed by atoms with van der Waals surface area (Å²) in [6.07, 6.45) is -2.54. The summed E-state index contributed by atoms with van der Waals surface area (Å²) in [5.41, 5.74) is 0.879. The highest BCUT2D eigenvalue weighted by Gasteiger charge is 2.34. The number of halogens is 3. The summed E-state index contributed by atoms with van der Waals surface area (Å²) in [6, 6.07) is 4.68. The van der Waals surface area contributed by atoms with Crippen molar-refractivity contribution in [2.75, 3.05) is 13.1 Å². The van der Waals surface area contributed by atoms with Gasteiger partial charge in [0.2, 0.25) is 0 Å². The molecule has 0 spiro atoms. The maximum Gasteiger partial charge on any atom is 0.417 e. The quantitative estimate of drug-likeness (QED) is 0.848. The van der Waals surface area contributed by atoms with Crippen molar-refractivity contribution in [3.63, 3.8) is 0 Å². The Bertz CT molecular complexity index is 471. The van der Waals surface area contributed by atoms with Crippen molar-refractivity contribution in [3.8, 4) is 0 Å². The second-order valence-electron chi connectivity index (χ2n) is 5.11. The third-order valence-electron chi connectivity index (χ3n) is 3.62. The first-order valence-corrected chi connectivity index (χ1v) is 6.47. The fourth-order valence-corrected chi connectivity index (χ4v) is 2.58. The van der Waals surface area contributed by atoms with Crippen LogP contribution in [0, 0.1) is 0 Å². The molecule has 1 heterocycles. The molecule has 1 aromatic carbocycles. The maximum absolute atomic E-state index is 13.1. The molecule has 104 valence electrons. The minimum atomic E-state index is -4.32. The van der Waals surface area contributed by atoms with Crippen LogP contribution in [-0.4, -0.2) is 13.1 Å². The fourth-order valence-electron chi connectivity index (χ4n) is 2.58. The number of rotatable bonds is 2. The van der Waals surface area contributed by atoms with Gasteiger partial charge in [0, 0.05) is 0 Å². The zero-order valence-corrected chi connectivity index (χ0v) is 11.0. The molecule has 2 rings (SSSR count). The Morgan fingerprint density at radius 3 is 2.42 bits per heavy atom. The smallest absolute Gasteiger partial charge is 0.317 e. The third-order valence-corrected chi connectivity index (χ3v) is 3.62. The third kappa shape index (κ3) is 3.18. The summed E-state index contributed by atoms with van der Waals surface area (Å²) in [5, 5.41) is 3.22. The zero-order chi connectivity index (χ0) is 14.0. The van der Waals surface area contributed by atoms with Gasteiger partial charge in [0.05, 0.1) is 5.56 Å². The highest BCUT2D eigenvalue weighted by molar-refractivity contribution is 5.65. The van der Waals surface area contributed by atoms with Crippen LogP contribution in [0.2, 0.25) is 0 Å². The first kappa shape index (κ1) is 14.1. The summed E-state index contributed by atoms with van der Waals surface area (Å²) < 4.78 is 39.3. The molecule has 1 N–H and O–H groups in total. The van der Waals surface area contributed by atoms with E-state index < -0.39 is 11.7 Å². The van der Waals surface area contributed by atoms with Crippen LogP contribution in [0.5, 0.6) is 0 Å². The zero-order valence-electron chi connectivity index (χ0n) is 11.0. The van der Waals surface area contributed by atoms with Crippen LogP contribution in [0.25, 0.3) is 5.57 Å². The van der Waals surface area contributed by atoms with Gasteiger partial charge in [0.25, 0.3) is 0 Å². The number of benzene rings is 1. The number of piperidine rings is 1. The molecule has 0 bridgehead atoms. The van der Waals surface area contributed by atoms with E-state index in [9.17, 15) is 13.2 Å². The molecule has 1 aliphatic rings. The van der Waals surface area contributed by atoms with Crippen LogP contribution in [0.1, 0.15) is 42.4 Å². The molecular weight excluding hydrogens is 251 g/mol. The van der Waals surface area contributed by atoms with Crippen molar-refractivity contribution in [1.82, 2.24) is 5.32 Å². The van der Waals surface area contributed by atoms with Gasteiger partial charge < -0.3 is 5.32 Å². The first-order valence-electron chi connectivity index (χ1n) is 6.47. The van der Waals surface area contributed by atoms with Gasteiger partial charge in [-0.3, -0.25) is 0 Å². The maximum atomic E-state index is 13.1. The van der Waals surface area contributed by atoms with E-state index in [2.05, 4.69) is 11.9 Å². The summed E-state index contributed by atoms with van der Waals surface area (Å²) in [6.45, 7) is 6.98. The van der Waals surface area contributed by atoms with Crippen molar-refractivity contribution in [3.05, 3.63) is 41.5 Å². The lowest BCUT2D eigenvalue weighted by atomic mass is 9.87. The van der Waals surface area contributed by atoms with Gasteiger partial charge >= 0.3 is 6.18 Å². The largest absolute Gasteiger partial charge is 0.417 e. The van der Waals surface area contributed by atoms with Crippen molar-refractivity contribution in [1.29, 1.82) is 0 Å². The Kier molecular flexibility index (Phi) is 3.99. The highest BCUT2D eigenvalue weighted by Crippen LogP contribution is 2.37.